The number of rotatable bonds is 2. The van der Waals surface area contributed by atoms with E-state index in [0.717, 1.165) is 18.8 Å². The fourth-order valence-corrected chi connectivity index (χ4v) is 2.41. The molecule has 1 aliphatic carbocycles. The highest BCUT2D eigenvalue weighted by molar-refractivity contribution is 5.79. The van der Waals surface area contributed by atoms with Crippen molar-refractivity contribution in [1.29, 1.82) is 0 Å². The van der Waals surface area contributed by atoms with E-state index in [1.165, 1.54) is 20.0 Å². The summed E-state index contributed by atoms with van der Waals surface area (Å²) in [7, 11) is 1.42. The molecule has 2 aliphatic rings. The van der Waals surface area contributed by atoms with Crippen LogP contribution in [0.15, 0.2) is 0 Å². The van der Waals surface area contributed by atoms with Crippen molar-refractivity contribution in [2.45, 2.75) is 44.3 Å². The van der Waals surface area contributed by atoms with Gasteiger partial charge in [0.25, 0.3) is 0 Å². The highest BCUT2D eigenvalue weighted by atomic mass is 16.7. The summed E-state index contributed by atoms with van der Waals surface area (Å²) < 4.78 is 10.1. The van der Waals surface area contributed by atoms with Crippen LogP contribution in [0.1, 0.15) is 32.6 Å². The number of ether oxygens (including phenoxy) is 2. The van der Waals surface area contributed by atoms with Gasteiger partial charge in [-0.2, -0.15) is 0 Å². The maximum atomic E-state index is 11.2. The highest BCUT2D eigenvalue weighted by Crippen LogP contribution is 2.52. The second-order valence-electron chi connectivity index (χ2n) is 4.10. The average molecular weight is 184 g/mol. The Balaban J connectivity index is 1.93. The SMILES string of the molecule is CCC1CCC2(C1)OC2C(=O)OC. The van der Waals surface area contributed by atoms with Crippen LogP contribution in [-0.2, 0) is 14.3 Å². The van der Waals surface area contributed by atoms with Gasteiger partial charge in [0.2, 0.25) is 0 Å². The van der Waals surface area contributed by atoms with Crippen LogP contribution in [-0.4, -0.2) is 24.8 Å². The zero-order chi connectivity index (χ0) is 9.47. The van der Waals surface area contributed by atoms with Gasteiger partial charge >= 0.3 is 5.97 Å². The molecule has 13 heavy (non-hydrogen) atoms. The Morgan fingerprint density at radius 2 is 2.46 bits per heavy atom. The summed E-state index contributed by atoms with van der Waals surface area (Å²) >= 11 is 0. The number of methoxy groups -OCH3 is 1. The summed E-state index contributed by atoms with van der Waals surface area (Å²) in [4.78, 5) is 11.2. The molecule has 3 unspecified atom stereocenters. The van der Waals surface area contributed by atoms with Gasteiger partial charge in [0.05, 0.1) is 7.11 Å². The first kappa shape index (κ1) is 9.00. The van der Waals surface area contributed by atoms with Crippen molar-refractivity contribution >= 4 is 5.97 Å². The van der Waals surface area contributed by atoms with Crippen LogP contribution in [0.3, 0.4) is 0 Å². The number of carbonyl (C=O) groups excluding carboxylic acids is 1. The lowest BCUT2D eigenvalue weighted by molar-refractivity contribution is -0.142. The molecule has 0 aromatic rings. The fraction of sp³-hybridized carbons (Fsp3) is 0.900. The van der Waals surface area contributed by atoms with Crippen LogP contribution in [0.4, 0.5) is 0 Å². The minimum absolute atomic E-state index is 0.117. The number of hydrogen-bond acceptors (Lipinski definition) is 3. The molecular formula is C10H16O3. The van der Waals surface area contributed by atoms with E-state index < -0.39 is 0 Å². The van der Waals surface area contributed by atoms with Gasteiger partial charge in [-0.3, -0.25) is 0 Å². The summed E-state index contributed by atoms with van der Waals surface area (Å²) in [5.74, 6) is 0.548. The molecule has 0 amide bonds. The van der Waals surface area contributed by atoms with Crippen LogP contribution in [0.25, 0.3) is 0 Å². The molecule has 1 saturated carbocycles. The molecule has 2 rings (SSSR count). The van der Waals surface area contributed by atoms with Crippen LogP contribution < -0.4 is 0 Å². The van der Waals surface area contributed by atoms with Crippen molar-refractivity contribution in [3.8, 4) is 0 Å². The number of esters is 1. The van der Waals surface area contributed by atoms with Crippen LogP contribution in [0.5, 0.6) is 0 Å². The smallest absolute Gasteiger partial charge is 0.338 e. The van der Waals surface area contributed by atoms with Crippen LogP contribution >= 0.6 is 0 Å². The van der Waals surface area contributed by atoms with E-state index in [9.17, 15) is 4.79 Å². The molecule has 0 aromatic heterocycles. The monoisotopic (exact) mass is 184 g/mol. The molecular weight excluding hydrogens is 168 g/mol. The molecule has 1 aliphatic heterocycles. The lowest BCUT2D eigenvalue weighted by Gasteiger charge is -2.03. The molecule has 2 fully saturated rings. The lowest BCUT2D eigenvalue weighted by atomic mass is 10.00. The standard InChI is InChI=1S/C10H16O3/c1-3-7-4-5-10(6-7)8(13-10)9(11)12-2/h7-8H,3-6H2,1-2H3. The Hall–Kier alpha value is -0.570. The maximum Gasteiger partial charge on any atom is 0.338 e. The summed E-state index contributed by atoms with van der Waals surface area (Å²) in [6, 6.07) is 0. The molecule has 1 saturated heterocycles. The van der Waals surface area contributed by atoms with Gasteiger partial charge in [0.1, 0.15) is 5.60 Å². The second-order valence-corrected chi connectivity index (χ2v) is 4.10. The van der Waals surface area contributed by atoms with Gasteiger partial charge < -0.3 is 9.47 Å². The van der Waals surface area contributed by atoms with Crippen molar-refractivity contribution in [2.24, 2.45) is 5.92 Å². The van der Waals surface area contributed by atoms with Gasteiger partial charge in [-0.15, -0.1) is 0 Å². The highest BCUT2D eigenvalue weighted by Gasteiger charge is 2.63. The number of hydrogen-bond donors (Lipinski definition) is 0. The van der Waals surface area contributed by atoms with Crippen LogP contribution in [0.2, 0.25) is 0 Å². The van der Waals surface area contributed by atoms with Crippen molar-refractivity contribution in [2.75, 3.05) is 7.11 Å². The molecule has 1 heterocycles. The Morgan fingerprint density at radius 1 is 1.69 bits per heavy atom. The second kappa shape index (κ2) is 2.98. The summed E-state index contributed by atoms with van der Waals surface area (Å²) in [6.07, 6.45) is 4.21. The molecule has 0 bridgehead atoms. The summed E-state index contributed by atoms with van der Waals surface area (Å²) in [6.45, 7) is 2.19. The van der Waals surface area contributed by atoms with Gasteiger partial charge in [0.15, 0.2) is 6.10 Å². The third kappa shape index (κ3) is 1.35. The van der Waals surface area contributed by atoms with Crippen molar-refractivity contribution in [3.05, 3.63) is 0 Å². The lowest BCUT2D eigenvalue weighted by Crippen LogP contribution is -2.19. The van der Waals surface area contributed by atoms with Crippen molar-refractivity contribution in [1.82, 2.24) is 0 Å². The van der Waals surface area contributed by atoms with E-state index in [2.05, 4.69) is 11.7 Å². The molecule has 1 spiro atoms. The Kier molecular flexibility index (Phi) is 2.06. The van der Waals surface area contributed by atoms with E-state index in [4.69, 9.17) is 4.74 Å². The van der Waals surface area contributed by atoms with E-state index in [-0.39, 0.29) is 17.7 Å². The Bertz CT molecular complexity index is 226. The molecule has 0 N–H and O–H groups in total. The number of carbonyl (C=O) groups is 1. The number of epoxide rings is 1. The fourth-order valence-electron chi connectivity index (χ4n) is 2.41. The van der Waals surface area contributed by atoms with Gasteiger partial charge in [-0.1, -0.05) is 13.3 Å². The third-order valence-electron chi connectivity index (χ3n) is 3.38. The van der Waals surface area contributed by atoms with Gasteiger partial charge in [0, 0.05) is 0 Å². The first-order valence-electron chi connectivity index (χ1n) is 4.97. The van der Waals surface area contributed by atoms with E-state index in [0.29, 0.717) is 0 Å². The minimum atomic E-state index is -0.256. The molecule has 3 atom stereocenters. The maximum absolute atomic E-state index is 11.2. The molecule has 3 heteroatoms. The summed E-state index contributed by atoms with van der Waals surface area (Å²) in [5, 5.41) is 0. The molecule has 74 valence electrons. The molecule has 3 nitrogen and oxygen atoms in total. The predicted molar refractivity (Wildman–Crippen MR) is 47.3 cm³/mol. The first-order chi connectivity index (χ1) is 6.22. The Morgan fingerprint density at radius 3 is 3.00 bits per heavy atom. The van der Waals surface area contributed by atoms with Gasteiger partial charge in [-0.05, 0) is 25.2 Å². The predicted octanol–water partition coefficient (Wildman–Crippen LogP) is 1.51. The van der Waals surface area contributed by atoms with Crippen molar-refractivity contribution in [3.63, 3.8) is 0 Å². The van der Waals surface area contributed by atoms with Crippen LogP contribution in [0, 0.1) is 5.92 Å². The third-order valence-corrected chi connectivity index (χ3v) is 3.38. The van der Waals surface area contributed by atoms with E-state index in [1.807, 2.05) is 0 Å². The zero-order valence-electron chi connectivity index (χ0n) is 8.21. The first-order valence-corrected chi connectivity index (χ1v) is 4.97. The zero-order valence-corrected chi connectivity index (χ0v) is 8.21. The largest absolute Gasteiger partial charge is 0.467 e. The van der Waals surface area contributed by atoms with E-state index >= 15 is 0 Å². The van der Waals surface area contributed by atoms with Crippen molar-refractivity contribution < 1.29 is 14.3 Å². The van der Waals surface area contributed by atoms with Gasteiger partial charge in [-0.25, -0.2) is 4.79 Å². The topological polar surface area (TPSA) is 38.8 Å². The quantitative estimate of drug-likeness (QED) is 0.482. The summed E-state index contributed by atoms with van der Waals surface area (Å²) in [5.41, 5.74) is -0.117. The minimum Gasteiger partial charge on any atom is -0.467 e. The molecule has 0 aromatic carbocycles. The molecule has 0 radical (unpaired) electrons. The Labute approximate surface area is 78.4 Å². The van der Waals surface area contributed by atoms with E-state index in [1.54, 1.807) is 0 Å². The average Bonchev–Trinajstić information content (AvgIpc) is 2.67. The normalized spacial score (nSPS) is 42.3.